The number of hydrogen-bond acceptors (Lipinski definition) is 2. The molecule has 0 aliphatic carbocycles. The van der Waals surface area contributed by atoms with Crippen LogP contribution in [0, 0.1) is 7.14 Å². The molecule has 0 aromatic heterocycles. The monoisotopic (exact) mass is 438 g/mol. The normalized spacial score (nSPS) is 8.43. The Kier molecular flexibility index (Phi) is 10.6. The Labute approximate surface area is 156 Å². The average Bonchev–Trinajstić information content (AvgIpc) is 1.96. The number of phenols is 1. The van der Waals surface area contributed by atoms with E-state index < -0.39 is 5.97 Å². The molecular weight excluding hydrogens is 432 g/mol. The second-order valence-electron chi connectivity index (χ2n) is 2.09. The number of rotatable bonds is 1. The summed E-state index contributed by atoms with van der Waals surface area (Å²) < 4.78 is 1.35. The summed E-state index contributed by atoms with van der Waals surface area (Å²) in [6.45, 7) is 0. The van der Waals surface area contributed by atoms with Crippen LogP contribution in [0.2, 0.25) is 0 Å². The summed E-state index contributed by atoms with van der Waals surface area (Å²) in [7, 11) is 0. The van der Waals surface area contributed by atoms with Gasteiger partial charge in [0.2, 0.25) is 0 Å². The third-order valence-electron chi connectivity index (χ3n) is 1.26. The molecule has 0 unspecified atom stereocenters. The van der Waals surface area contributed by atoms with E-state index in [1.165, 1.54) is 6.07 Å². The van der Waals surface area contributed by atoms with Crippen LogP contribution in [0.15, 0.2) is 12.1 Å². The Morgan fingerprint density at radius 3 is 2.21 bits per heavy atom. The van der Waals surface area contributed by atoms with Gasteiger partial charge in [-0.15, -0.1) is 0 Å². The van der Waals surface area contributed by atoms with Crippen molar-refractivity contribution in [2.75, 3.05) is 0 Å². The Morgan fingerprint density at radius 2 is 1.79 bits per heavy atom. The predicted molar refractivity (Wildman–Crippen MR) is 62.7 cm³/mol. The minimum Gasteiger partial charge on any atom is -1.00 e. The standard InChI is InChI=1S/C7H4I2O3.2Na.2H/c8-3-1-4(7(11)12)6(10)5(9)2-3;;;;/h1-2,10H,(H,11,12);;;;/q;2*+1;2*-1. The van der Waals surface area contributed by atoms with E-state index in [9.17, 15) is 9.90 Å². The number of halogens is 2. The summed E-state index contributed by atoms with van der Waals surface area (Å²) in [5, 5.41) is 17.9. The molecule has 0 bridgehead atoms. The minimum absolute atomic E-state index is 0. The molecule has 0 amide bonds. The number of carboxylic acid groups (broad SMARTS) is 1. The van der Waals surface area contributed by atoms with E-state index in [0.717, 1.165) is 3.57 Å². The maximum atomic E-state index is 10.6. The summed E-state index contributed by atoms with van der Waals surface area (Å²) in [4.78, 5) is 10.6. The van der Waals surface area contributed by atoms with Crippen LogP contribution in [0.3, 0.4) is 0 Å². The van der Waals surface area contributed by atoms with Gasteiger partial charge in [-0.1, -0.05) is 0 Å². The molecule has 0 saturated heterocycles. The molecule has 0 spiro atoms. The van der Waals surface area contributed by atoms with E-state index >= 15 is 0 Å². The van der Waals surface area contributed by atoms with E-state index in [4.69, 9.17) is 5.11 Å². The summed E-state index contributed by atoms with van der Waals surface area (Å²) in [6, 6.07) is 3.14. The number of aromatic carboxylic acids is 1. The van der Waals surface area contributed by atoms with E-state index in [-0.39, 0.29) is 73.3 Å². The summed E-state index contributed by atoms with van der Waals surface area (Å²) in [6.07, 6.45) is 0. The molecular formula is C7H6I2Na2O3. The Hall–Kier alpha value is 1.95. The van der Waals surface area contributed by atoms with Gasteiger partial charge in [-0.3, -0.25) is 0 Å². The van der Waals surface area contributed by atoms with Gasteiger partial charge in [0.15, 0.2) is 0 Å². The first-order chi connectivity index (χ1) is 5.52. The predicted octanol–water partition coefficient (Wildman–Crippen LogP) is -3.47. The van der Waals surface area contributed by atoms with Crippen LogP contribution < -0.4 is 59.1 Å². The van der Waals surface area contributed by atoms with E-state index in [0.29, 0.717) is 3.57 Å². The Balaban J connectivity index is -0.000000180. The van der Waals surface area contributed by atoms with Gasteiger partial charge in [-0.25, -0.2) is 4.79 Å². The molecule has 1 aromatic rings. The van der Waals surface area contributed by atoms with Crippen molar-refractivity contribution in [3.8, 4) is 5.75 Å². The van der Waals surface area contributed by atoms with Crippen molar-refractivity contribution in [1.82, 2.24) is 0 Å². The van der Waals surface area contributed by atoms with Crippen molar-refractivity contribution in [3.63, 3.8) is 0 Å². The van der Waals surface area contributed by atoms with Crippen molar-refractivity contribution in [3.05, 3.63) is 24.8 Å². The fraction of sp³-hybridized carbons (Fsp3) is 0. The van der Waals surface area contributed by atoms with Crippen molar-refractivity contribution in [1.29, 1.82) is 0 Å². The molecule has 0 saturated carbocycles. The fourth-order valence-electron chi connectivity index (χ4n) is 0.729. The Bertz CT molecular complexity index is 353. The molecule has 3 nitrogen and oxygen atoms in total. The molecule has 0 radical (unpaired) electrons. The zero-order valence-corrected chi connectivity index (χ0v) is 16.0. The molecule has 0 atom stereocenters. The number of aromatic hydroxyl groups is 1. The Morgan fingerprint density at radius 1 is 1.29 bits per heavy atom. The van der Waals surface area contributed by atoms with Crippen molar-refractivity contribution >= 4 is 51.2 Å². The molecule has 0 aliphatic rings. The van der Waals surface area contributed by atoms with Gasteiger partial charge in [-0.05, 0) is 57.3 Å². The molecule has 7 heteroatoms. The summed E-state index contributed by atoms with van der Waals surface area (Å²) in [5.41, 5.74) is -0.0497. The zero-order chi connectivity index (χ0) is 9.30. The van der Waals surface area contributed by atoms with E-state index in [2.05, 4.69) is 0 Å². The zero-order valence-electron chi connectivity index (χ0n) is 9.71. The molecule has 0 heterocycles. The van der Waals surface area contributed by atoms with Crippen molar-refractivity contribution in [2.24, 2.45) is 0 Å². The van der Waals surface area contributed by atoms with Crippen LogP contribution in [-0.2, 0) is 0 Å². The third kappa shape index (κ3) is 4.86. The molecule has 68 valence electrons. The third-order valence-corrected chi connectivity index (χ3v) is 2.70. The van der Waals surface area contributed by atoms with Crippen molar-refractivity contribution < 1.29 is 77.0 Å². The molecule has 0 aliphatic heterocycles. The first-order valence-corrected chi connectivity index (χ1v) is 5.09. The molecule has 1 rings (SSSR count). The molecule has 0 fully saturated rings. The van der Waals surface area contributed by atoms with E-state index in [1.807, 2.05) is 45.2 Å². The van der Waals surface area contributed by atoms with Crippen LogP contribution in [0.1, 0.15) is 13.2 Å². The van der Waals surface area contributed by atoms with Crippen LogP contribution in [0.4, 0.5) is 0 Å². The quantitative estimate of drug-likeness (QED) is 0.355. The second kappa shape index (κ2) is 8.10. The van der Waals surface area contributed by atoms with Gasteiger partial charge in [0.25, 0.3) is 0 Å². The smallest absolute Gasteiger partial charge is 1.00 e. The molecule has 1 aromatic carbocycles. The first-order valence-electron chi connectivity index (χ1n) is 2.93. The number of hydrogen-bond donors (Lipinski definition) is 2. The maximum Gasteiger partial charge on any atom is 1.00 e. The summed E-state index contributed by atoms with van der Waals surface area (Å²) in [5.74, 6) is -1.27. The van der Waals surface area contributed by atoms with Crippen molar-refractivity contribution in [2.45, 2.75) is 0 Å². The van der Waals surface area contributed by atoms with Gasteiger partial charge < -0.3 is 13.1 Å². The van der Waals surface area contributed by atoms with Crippen LogP contribution in [0.25, 0.3) is 0 Å². The fourth-order valence-corrected chi connectivity index (χ4v) is 2.57. The van der Waals surface area contributed by atoms with Gasteiger partial charge in [0, 0.05) is 3.57 Å². The van der Waals surface area contributed by atoms with Gasteiger partial charge >= 0.3 is 65.1 Å². The van der Waals surface area contributed by atoms with Crippen LogP contribution >= 0.6 is 45.2 Å². The largest absolute Gasteiger partial charge is 1.00 e. The number of benzene rings is 1. The topological polar surface area (TPSA) is 57.5 Å². The molecule has 14 heavy (non-hydrogen) atoms. The number of carboxylic acids is 1. The maximum absolute atomic E-state index is 10.6. The number of carbonyl (C=O) groups is 1. The second-order valence-corrected chi connectivity index (χ2v) is 4.50. The SMILES string of the molecule is O=C(O)c1cc(I)cc(I)c1O.[H-].[H-].[Na+].[Na+]. The van der Waals surface area contributed by atoms with Crippen LogP contribution in [0.5, 0.6) is 5.75 Å². The van der Waals surface area contributed by atoms with Gasteiger partial charge in [-0.2, -0.15) is 0 Å². The van der Waals surface area contributed by atoms with Gasteiger partial charge in [0.1, 0.15) is 11.3 Å². The average molecular weight is 438 g/mol. The minimum atomic E-state index is -1.11. The molecule has 2 N–H and O–H groups in total. The van der Waals surface area contributed by atoms with Crippen LogP contribution in [-0.4, -0.2) is 16.2 Å². The summed E-state index contributed by atoms with van der Waals surface area (Å²) >= 11 is 3.89. The van der Waals surface area contributed by atoms with E-state index in [1.54, 1.807) is 6.07 Å². The van der Waals surface area contributed by atoms with Gasteiger partial charge in [0.05, 0.1) is 3.57 Å². The first kappa shape index (κ1) is 18.3.